The van der Waals surface area contributed by atoms with Crippen LogP contribution in [0, 0.1) is 0 Å². The highest BCUT2D eigenvalue weighted by Gasteiger charge is 2.14. The maximum Gasteiger partial charge on any atom is 0.161 e. The van der Waals surface area contributed by atoms with Gasteiger partial charge in [0.25, 0.3) is 0 Å². The average Bonchev–Trinajstić information content (AvgIpc) is 2.71. The minimum absolute atomic E-state index is 0.267. The number of hydrogen-bond acceptors (Lipinski definition) is 5. The Balaban J connectivity index is 1.86. The predicted molar refractivity (Wildman–Crippen MR) is 74.3 cm³/mol. The van der Waals surface area contributed by atoms with Gasteiger partial charge in [-0.3, -0.25) is 0 Å². The highest BCUT2D eigenvalue weighted by Crippen LogP contribution is 2.32. The minimum Gasteiger partial charge on any atom is -0.490 e. The first kappa shape index (κ1) is 15.1. The fourth-order valence-electron chi connectivity index (χ4n) is 1.98. The Bertz CT molecular complexity index is 407. The minimum atomic E-state index is -0.658. The van der Waals surface area contributed by atoms with E-state index in [2.05, 4.69) is 0 Å². The molecule has 0 bridgehead atoms. The topological polar surface area (TPSA) is 57.2 Å². The van der Waals surface area contributed by atoms with Gasteiger partial charge < -0.3 is 24.1 Å². The van der Waals surface area contributed by atoms with E-state index in [4.69, 9.17) is 18.9 Å². The summed E-state index contributed by atoms with van der Waals surface area (Å²) in [5.74, 6) is 1.43. The molecule has 0 fully saturated rings. The molecule has 5 heteroatoms. The van der Waals surface area contributed by atoms with E-state index in [1.807, 2.05) is 18.2 Å². The first-order valence-corrected chi connectivity index (χ1v) is 6.95. The van der Waals surface area contributed by atoms with Gasteiger partial charge in [-0.2, -0.15) is 0 Å². The zero-order valence-electron chi connectivity index (χ0n) is 11.8. The Labute approximate surface area is 119 Å². The quantitative estimate of drug-likeness (QED) is 0.774. The number of methoxy groups -OCH3 is 1. The molecule has 112 valence electrons. The second kappa shape index (κ2) is 8.09. The molecular weight excluding hydrogens is 260 g/mol. The highest BCUT2D eigenvalue weighted by molar-refractivity contribution is 5.44. The van der Waals surface area contributed by atoms with Crippen LogP contribution in [0.4, 0.5) is 0 Å². The summed E-state index contributed by atoms with van der Waals surface area (Å²) >= 11 is 0. The summed E-state index contributed by atoms with van der Waals surface area (Å²) in [4.78, 5) is 0. The van der Waals surface area contributed by atoms with Crippen molar-refractivity contribution in [2.24, 2.45) is 0 Å². The van der Waals surface area contributed by atoms with Crippen LogP contribution < -0.4 is 9.47 Å². The Morgan fingerprint density at radius 2 is 2.00 bits per heavy atom. The predicted octanol–water partition coefficient (Wildman–Crippen LogP) is 1.93. The van der Waals surface area contributed by atoms with Crippen LogP contribution in [-0.2, 0) is 9.47 Å². The standard InChI is InChI=1S/C15H22O5/c1-17-6-2-7-18-11-13(16)12-4-5-14-15(10-12)20-9-3-8-19-14/h4-5,10,13,16H,2-3,6-9,11H2,1H3. The van der Waals surface area contributed by atoms with Crippen molar-refractivity contribution in [3.05, 3.63) is 23.8 Å². The molecule has 5 nitrogen and oxygen atoms in total. The van der Waals surface area contributed by atoms with Crippen LogP contribution >= 0.6 is 0 Å². The first-order valence-electron chi connectivity index (χ1n) is 6.95. The average molecular weight is 282 g/mol. The molecule has 1 aliphatic rings. The van der Waals surface area contributed by atoms with Crippen LogP contribution in [0.2, 0.25) is 0 Å². The maximum atomic E-state index is 10.1. The molecule has 0 aromatic heterocycles. The van der Waals surface area contributed by atoms with Crippen LogP contribution in [0.5, 0.6) is 11.5 Å². The smallest absolute Gasteiger partial charge is 0.161 e. The van der Waals surface area contributed by atoms with E-state index in [1.54, 1.807) is 7.11 Å². The fourth-order valence-corrected chi connectivity index (χ4v) is 1.98. The van der Waals surface area contributed by atoms with Crippen molar-refractivity contribution in [2.45, 2.75) is 18.9 Å². The maximum absolute atomic E-state index is 10.1. The Morgan fingerprint density at radius 1 is 1.20 bits per heavy atom. The van der Waals surface area contributed by atoms with E-state index < -0.39 is 6.10 Å². The summed E-state index contributed by atoms with van der Waals surface area (Å²) in [5, 5.41) is 10.1. The zero-order valence-corrected chi connectivity index (χ0v) is 11.8. The van der Waals surface area contributed by atoms with Crippen molar-refractivity contribution in [3.63, 3.8) is 0 Å². The molecule has 1 atom stereocenters. The highest BCUT2D eigenvalue weighted by atomic mass is 16.5. The summed E-state index contributed by atoms with van der Waals surface area (Å²) in [5.41, 5.74) is 0.779. The molecule has 1 aliphatic heterocycles. The van der Waals surface area contributed by atoms with Crippen LogP contribution in [0.15, 0.2) is 18.2 Å². The number of rotatable bonds is 7. The molecule has 0 radical (unpaired) electrons. The third-order valence-corrected chi connectivity index (χ3v) is 3.07. The molecule has 1 unspecified atom stereocenters. The molecule has 20 heavy (non-hydrogen) atoms. The number of benzene rings is 1. The Hall–Kier alpha value is -1.30. The molecule has 1 aromatic carbocycles. The van der Waals surface area contributed by atoms with Crippen molar-refractivity contribution < 1.29 is 24.1 Å². The largest absolute Gasteiger partial charge is 0.490 e. The summed E-state index contributed by atoms with van der Waals surface area (Å²) in [6, 6.07) is 5.50. The van der Waals surface area contributed by atoms with Crippen LogP contribution in [0.25, 0.3) is 0 Å². The summed E-state index contributed by atoms with van der Waals surface area (Å²) in [6.07, 6.45) is 1.04. The summed E-state index contributed by atoms with van der Waals surface area (Å²) < 4.78 is 21.5. The lowest BCUT2D eigenvalue weighted by Crippen LogP contribution is -2.09. The van der Waals surface area contributed by atoms with Crippen LogP contribution in [0.1, 0.15) is 24.5 Å². The van der Waals surface area contributed by atoms with Crippen molar-refractivity contribution in [2.75, 3.05) is 40.1 Å². The third kappa shape index (κ3) is 4.37. The molecule has 2 rings (SSSR count). The number of aliphatic hydroxyl groups excluding tert-OH is 1. The Kier molecular flexibility index (Phi) is 6.11. The molecule has 0 saturated carbocycles. The third-order valence-electron chi connectivity index (χ3n) is 3.07. The van der Waals surface area contributed by atoms with Crippen molar-refractivity contribution in [3.8, 4) is 11.5 Å². The van der Waals surface area contributed by atoms with Crippen molar-refractivity contribution in [1.29, 1.82) is 0 Å². The SMILES string of the molecule is COCCCOCC(O)c1ccc2c(c1)OCCCO2. The zero-order chi connectivity index (χ0) is 14.2. The van der Waals surface area contributed by atoms with Gasteiger partial charge in [0.05, 0.1) is 19.8 Å². The molecular formula is C15H22O5. The van der Waals surface area contributed by atoms with E-state index >= 15 is 0 Å². The lowest BCUT2D eigenvalue weighted by Gasteiger charge is -2.14. The van der Waals surface area contributed by atoms with Gasteiger partial charge in [-0.1, -0.05) is 6.07 Å². The number of fused-ring (bicyclic) bond motifs is 1. The number of aliphatic hydroxyl groups is 1. The summed E-state index contributed by atoms with van der Waals surface area (Å²) in [6.45, 7) is 2.82. The van der Waals surface area contributed by atoms with Crippen molar-refractivity contribution in [1.82, 2.24) is 0 Å². The Morgan fingerprint density at radius 3 is 2.80 bits per heavy atom. The lowest BCUT2D eigenvalue weighted by atomic mass is 10.1. The lowest BCUT2D eigenvalue weighted by molar-refractivity contribution is 0.0278. The number of ether oxygens (including phenoxy) is 4. The van der Waals surface area contributed by atoms with Crippen LogP contribution in [0.3, 0.4) is 0 Å². The van der Waals surface area contributed by atoms with E-state index in [1.165, 1.54) is 0 Å². The molecule has 1 heterocycles. The normalized spacial score (nSPS) is 15.7. The monoisotopic (exact) mass is 282 g/mol. The number of hydrogen-bond donors (Lipinski definition) is 1. The first-order chi connectivity index (χ1) is 9.81. The molecule has 0 amide bonds. The van der Waals surface area contributed by atoms with Gasteiger partial charge in [0.15, 0.2) is 11.5 Å². The van der Waals surface area contributed by atoms with E-state index in [9.17, 15) is 5.11 Å². The molecule has 0 aliphatic carbocycles. The van der Waals surface area contributed by atoms with E-state index in [0.717, 1.165) is 24.2 Å². The second-order valence-electron chi connectivity index (χ2n) is 4.69. The summed E-state index contributed by atoms with van der Waals surface area (Å²) in [7, 11) is 1.66. The van der Waals surface area contributed by atoms with Gasteiger partial charge in [-0.15, -0.1) is 0 Å². The fraction of sp³-hybridized carbons (Fsp3) is 0.600. The molecule has 1 N–H and O–H groups in total. The second-order valence-corrected chi connectivity index (χ2v) is 4.69. The molecule has 0 saturated heterocycles. The van der Waals surface area contributed by atoms with Gasteiger partial charge in [0.1, 0.15) is 6.10 Å². The van der Waals surface area contributed by atoms with Crippen LogP contribution in [-0.4, -0.2) is 45.3 Å². The molecule has 1 aromatic rings. The van der Waals surface area contributed by atoms with Gasteiger partial charge in [-0.05, 0) is 24.1 Å². The van der Waals surface area contributed by atoms with Gasteiger partial charge in [0.2, 0.25) is 0 Å². The molecule has 0 spiro atoms. The van der Waals surface area contributed by atoms with Crippen molar-refractivity contribution >= 4 is 0 Å². The van der Waals surface area contributed by atoms with E-state index in [-0.39, 0.29) is 6.61 Å². The van der Waals surface area contributed by atoms with Gasteiger partial charge in [-0.25, -0.2) is 0 Å². The van der Waals surface area contributed by atoms with Gasteiger partial charge >= 0.3 is 0 Å². The van der Waals surface area contributed by atoms with E-state index in [0.29, 0.717) is 32.2 Å². The van der Waals surface area contributed by atoms with Gasteiger partial charge in [0, 0.05) is 26.7 Å².